The Morgan fingerprint density at radius 2 is 2.12 bits per heavy atom. The molecule has 0 radical (unpaired) electrons. The molecule has 0 saturated carbocycles. The number of aromatic nitrogens is 1. The van der Waals surface area contributed by atoms with Crippen LogP contribution in [0, 0.1) is 0 Å². The number of nitrogens with zero attached hydrogens (tertiary/aromatic N) is 3. The lowest BCUT2D eigenvalue weighted by molar-refractivity contribution is -0.131. The highest BCUT2D eigenvalue weighted by Crippen LogP contribution is 2.45. The van der Waals surface area contributed by atoms with E-state index >= 15 is 0 Å². The number of fused-ring (bicyclic) bond motifs is 2. The molecule has 3 aromatic rings. The molecule has 1 aromatic carbocycles. The number of nitrogens with one attached hydrogen (secondary N) is 1. The first-order chi connectivity index (χ1) is 15.9. The van der Waals surface area contributed by atoms with Crippen LogP contribution in [-0.4, -0.2) is 57.1 Å². The third-order valence-corrected chi connectivity index (χ3v) is 8.36. The van der Waals surface area contributed by atoms with Gasteiger partial charge in [-0.25, -0.2) is 4.98 Å². The van der Waals surface area contributed by atoms with Crippen LogP contribution < -0.4 is 5.32 Å². The minimum atomic E-state index is -0.959. The second kappa shape index (κ2) is 8.98. The number of aliphatic hydroxyl groups excluding tert-OH is 1. The number of hydrogen-bond acceptors (Lipinski definition) is 7. The predicted molar refractivity (Wildman–Crippen MR) is 132 cm³/mol. The number of para-hydroxylation sites is 1. The van der Waals surface area contributed by atoms with E-state index in [4.69, 9.17) is 4.98 Å². The zero-order valence-electron chi connectivity index (χ0n) is 18.6. The first-order valence-electron chi connectivity index (χ1n) is 11.1. The molecule has 1 atom stereocenters. The summed E-state index contributed by atoms with van der Waals surface area (Å²) in [5, 5.41) is 14.7. The van der Waals surface area contributed by atoms with Crippen molar-refractivity contribution in [1.82, 2.24) is 14.8 Å². The average molecular weight is 483 g/mol. The smallest absolute Gasteiger partial charge is 0.248 e. The fourth-order valence-electron chi connectivity index (χ4n) is 4.31. The third-order valence-electron chi connectivity index (χ3n) is 6.17. The summed E-state index contributed by atoms with van der Waals surface area (Å²) in [7, 11) is 0. The SMILES string of the molecule is CC(C)N1CCc2c(sc(NC(=O)CCN3C(=O)C=CC3O)c2-c2nc3ccccc3s2)C1. The Kier molecular flexibility index (Phi) is 6.05. The first-order valence-corrected chi connectivity index (χ1v) is 12.7. The number of rotatable bonds is 6. The summed E-state index contributed by atoms with van der Waals surface area (Å²) in [5.74, 6) is -0.450. The molecule has 0 bridgehead atoms. The van der Waals surface area contributed by atoms with Crippen molar-refractivity contribution < 1.29 is 14.7 Å². The zero-order valence-corrected chi connectivity index (χ0v) is 20.2. The van der Waals surface area contributed by atoms with E-state index in [1.807, 2.05) is 18.2 Å². The Morgan fingerprint density at radius 1 is 1.30 bits per heavy atom. The zero-order chi connectivity index (χ0) is 23.1. The second-order valence-electron chi connectivity index (χ2n) is 8.61. The van der Waals surface area contributed by atoms with Gasteiger partial charge in [0.2, 0.25) is 11.8 Å². The standard InChI is InChI=1S/C24H26N4O3S2/c1-14(2)27-11-9-15-18(13-27)33-24(22(15)23-25-16-5-3-4-6-17(16)32-23)26-19(29)10-12-28-20(30)7-8-21(28)31/h3-8,14,20,30H,9-13H2,1-2H3,(H,26,29). The van der Waals surface area contributed by atoms with Gasteiger partial charge in [0, 0.05) is 48.6 Å². The van der Waals surface area contributed by atoms with E-state index in [0.717, 1.165) is 45.3 Å². The van der Waals surface area contributed by atoms with Crippen LogP contribution in [0.1, 0.15) is 30.7 Å². The lowest BCUT2D eigenvalue weighted by Gasteiger charge is -2.30. The van der Waals surface area contributed by atoms with Crippen LogP contribution >= 0.6 is 22.7 Å². The van der Waals surface area contributed by atoms with Gasteiger partial charge in [-0.1, -0.05) is 12.1 Å². The summed E-state index contributed by atoms with van der Waals surface area (Å²) < 4.78 is 1.12. The van der Waals surface area contributed by atoms with Gasteiger partial charge in [0.1, 0.15) is 16.2 Å². The van der Waals surface area contributed by atoms with Crippen molar-refractivity contribution >= 4 is 49.7 Å². The minimum Gasteiger partial charge on any atom is -0.370 e. The molecule has 0 aliphatic carbocycles. The molecule has 0 spiro atoms. The highest BCUT2D eigenvalue weighted by molar-refractivity contribution is 7.22. The molecule has 2 N–H and O–H groups in total. The van der Waals surface area contributed by atoms with Crippen molar-refractivity contribution in [2.24, 2.45) is 0 Å². The number of carbonyl (C=O) groups excluding carboxylic acids is 2. The number of carbonyl (C=O) groups is 2. The van der Waals surface area contributed by atoms with Crippen LogP contribution in [0.4, 0.5) is 5.00 Å². The molecule has 0 saturated heterocycles. The number of benzene rings is 1. The summed E-state index contributed by atoms with van der Waals surface area (Å²) in [6.45, 7) is 6.43. The summed E-state index contributed by atoms with van der Waals surface area (Å²) in [6, 6.07) is 8.54. The molecule has 1 unspecified atom stereocenters. The Hall–Kier alpha value is -2.59. The van der Waals surface area contributed by atoms with Gasteiger partial charge in [-0.15, -0.1) is 22.7 Å². The molecule has 2 aliphatic heterocycles. The Labute approximate surface area is 200 Å². The minimum absolute atomic E-state index is 0.116. The van der Waals surface area contributed by atoms with E-state index in [-0.39, 0.29) is 24.8 Å². The van der Waals surface area contributed by atoms with Crippen molar-refractivity contribution in [2.45, 2.75) is 45.5 Å². The molecular formula is C24H26N4O3S2. The highest BCUT2D eigenvalue weighted by atomic mass is 32.1. The van der Waals surface area contributed by atoms with Crippen LogP contribution in [0.25, 0.3) is 20.8 Å². The predicted octanol–water partition coefficient (Wildman–Crippen LogP) is 3.84. The molecule has 5 rings (SSSR count). The number of aliphatic hydroxyl groups is 1. The maximum Gasteiger partial charge on any atom is 0.248 e. The van der Waals surface area contributed by atoms with E-state index in [9.17, 15) is 14.7 Å². The average Bonchev–Trinajstić information content (AvgIpc) is 3.46. The Balaban J connectivity index is 1.43. The molecule has 9 heteroatoms. The summed E-state index contributed by atoms with van der Waals surface area (Å²) >= 11 is 3.27. The van der Waals surface area contributed by atoms with Crippen LogP contribution in [-0.2, 0) is 22.6 Å². The van der Waals surface area contributed by atoms with Gasteiger partial charge in [-0.05, 0) is 44.0 Å². The fraction of sp³-hybridized carbons (Fsp3) is 0.375. The first kappa shape index (κ1) is 22.2. The molecule has 33 heavy (non-hydrogen) atoms. The third kappa shape index (κ3) is 4.33. The maximum atomic E-state index is 12.9. The number of thiophene rings is 1. The molecule has 7 nitrogen and oxygen atoms in total. The van der Waals surface area contributed by atoms with Crippen molar-refractivity contribution in [3.63, 3.8) is 0 Å². The van der Waals surface area contributed by atoms with Gasteiger partial charge in [0.05, 0.1) is 10.2 Å². The molecule has 2 aliphatic rings. The van der Waals surface area contributed by atoms with Crippen molar-refractivity contribution in [3.05, 3.63) is 46.9 Å². The topological polar surface area (TPSA) is 85.8 Å². The molecule has 172 valence electrons. The van der Waals surface area contributed by atoms with Gasteiger partial charge >= 0.3 is 0 Å². The lowest BCUT2D eigenvalue weighted by atomic mass is 10.0. The summed E-state index contributed by atoms with van der Waals surface area (Å²) in [4.78, 5) is 34.6. The monoisotopic (exact) mass is 482 g/mol. The Morgan fingerprint density at radius 3 is 2.85 bits per heavy atom. The van der Waals surface area contributed by atoms with Crippen LogP contribution in [0.2, 0.25) is 0 Å². The van der Waals surface area contributed by atoms with E-state index < -0.39 is 6.23 Å². The normalized spacial score (nSPS) is 18.5. The number of hydrogen-bond donors (Lipinski definition) is 2. The van der Waals surface area contributed by atoms with E-state index in [1.54, 1.807) is 22.7 Å². The number of anilines is 1. The molecule has 2 amide bonds. The van der Waals surface area contributed by atoms with Gasteiger partial charge in [0.25, 0.3) is 0 Å². The van der Waals surface area contributed by atoms with Gasteiger partial charge in [0.15, 0.2) is 0 Å². The van der Waals surface area contributed by atoms with Gasteiger partial charge < -0.3 is 15.3 Å². The van der Waals surface area contributed by atoms with Crippen molar-refractivity contribution in [1.29, 1.82) is 0 Å². The van der Waals surface area contributed by atoms with E-state index in [0.29, 0.717) is 6.04 Å². The lowest BCUT2D eigenvalue weighted by Crippen LogP contribution is -2.36. The van der Waals surface area contributed by atoms with E-state index in [1.165, 1.54) is 27.5 Å². The number of amides is 2. The van der Waals surface area contributed by atoms with Crippen molar-refractivity contribution in [2.75, 3.05) is 18.4 Å². The molecule has 2 aromatic heterocycles. The fourth-order valence-corrected chi connectivity index (χ4v) is 6.71. The maximum absolute atomic E-state index is 12.9. The largest absolute Gasteiger partial charge is 0.370 e. The molecule has 4 heterocycles. The highest BCUT2D eigenvalue weighted by Gasteiger charge is 2.29. The van der Waals surface area contributed by atoms with Crippen LogP contribution in [0.3, 0.4) is 0 Å². The van der Waals surface area contributed by atoms with Crippen molar-refractivity contribution in [3.8, 4) is 10.6 Å². The molecular weight excluding hydrogens is 456 g/mol. The van der Waals surface area contributed by atoms with Crippen LogP contribution in [0.15, 0.2) is 36.4 Å². The quantitative estimate of drug-likeness (QED) is 0.558. The van der Waals surface area contributed by atoms with E-state index in [2.05, 4.69) is 30.1 Å². The van der Waals surface area contributed by atoms with Gasteiger partial charge in [-0.2, -0.15) is 0 Å². The van der Waals surface area contributed by atoms with Gasteiger partial charge in [-0.3, -0.25) is 14.5 Å². The Bertz CT molecular complexity index is 1210. The summed E-state index contributed by atoms with van der Waals surface area (Å²) in [6.07, 6.45) is 2.84. The van der Waals surface area contributed by atoms with Crippen LogP contribution in [0.5, 0.6) is 0 Å². The summed E-state index contributed by atoms with van der Waals surface area (Å²) in [5.41, 5.74) is 3.27. The number of thiazole rings is 1. The second-order valence-corrected chi connectivity index (χ2v) is 10.7. The molecule has 0 fully saturated rings.